The largest absolute Gasteiger partial charge is 0.454 e. The predicted octanol–water partition coefficient (Wildman–Crippen LogP) is 11.6. The second-order valence-corrected chi connectivity index (χ2v) is 11.7. The Balaban J connectivity index is 1.22. The molecule has 0 amide bonds. The second-order valence-electron chi connectivity index (χ2n) is 11.7. The van der Waals surface area contributed by atoms with Gasteiger partial charge in [0.2, 0.25) is 0 Å². The van der Waals surface area contributed by atoms with Crippen LogP contribution in [0.4, 0.5) is 0 Å². The summed E-state index contributed by atoms with van der Waals surface area (Å²) in [7, 11) is 0. The van der Waals surface area contributed by atoms with Crippen molar-refractivity contribution in [3.05, 3.63) is 146 Å². The molecule has 214 valence electrons. The molecule has 0 saturated heterocycles. The van der Waals surface area contributed by atoms with Gasteiger partial charge < -0.3 is 8.83 Å². The first-order valence-corrected chi connectivity index (χ1v) is 15.4. The van der Waals surface area contributed by atoms with Gasteiger partial charge in [-0.1, -0.05) is 115 Å². The van der Waals surface area contributed by atoms with E-state index >= 15 is 0 Å². The molecule has 0 unspecified atom stereocenters. The highest BCUT2D eigenvalue weighted by molar-refractivity contribution is 6.18. The molecule has 0 spiro atoms. The van der Waals surface area contributed by atoms with Gasteiger partial charge in [-0.3, -0.25) is 0 Å². The van der Waals surface area contributed by atoms with Gasteiger partial charge in [-0.2, -0.15) is 0 Å². The number of nitrogens with zero attached hydrogens (tertiary/aromatic N) is 2. The molecule has 0 aliphatic rings. The number of furan rings is 2. The zero-order valence-corrected chi connectivity index (χ0v) is 24.6. The third kappa shape index (κ3) is 3.67. The zero-order chi connectivity index (χ0) is 30.2. The topological polar surface area (TPSA) is 52.1 Å². The minimum atomic E-state index is 0.729. The molecular weight excluding hydrogens is 564 g/mol. The summed E-state index contributed by atoms with van der Waals surface area (Å²) in [6.45, 7) is 0. The summed E-state index contributed by atoms with van der Waals surface area (Å²) >= 11 is 0. The Morgan fingerprint density at radius 2 is 0.978 bits per heavy atom. The minimum Gasteiger partial charge on any atom is -0.454 e. The molecule has 4 nitrogen and oxygen atoms in total. The van der Waals surface area contributed by atoms with Gasteiger partial charge in [-0.05, 0) is 52.4 Å². The van der Waals surface area contributed by atoms with Gasteiger partial charge >= 0.3 is 0 Å². The third-order valence-corrected chi connectivity index (χ3v) is 9.07. The Morgan fingerprint density at radius 3 is 1.67 bits per heavy atom. The summed E-state index contributed by atoms with van der Waals surface area (Å²) < 4.78 is 13.0. The average Bonchev–Trinajstić information content (AvgIpc) is 3.68. The van der Waals surface area contributed by atoms with Crippen LogP contribution in [0.25, 0.3) is 99.3 Å². The fraction of sp³-hybridized carbons (Fsp3) is 0. The number of rotatable bonds is 3. The molecule has 0 fully saturated rings. The lowest BCUT2D eigenvalue weighted by Crippen LogP contribution is -1.91. The molecule has 0 saturated carbocycles. The first-order valence-electron chi connectivity index (χ1n) is 15.4. The number of aromatic nitrogens is 2. The van der Waals surface area contributed by atoms with Crippen LogP contribution < -0.4 is 0 Å². The molecule has 4 heteroatoms. The van der Waals surface area contributed by atoms with E-state index < -0.39 is 0 Å². The van der Waals surface area contributed by atoms with Gasteiger partial charge in [-0.25, -0.2) is 9.97 Å². The monoisotopic (exact) mass is 588 g/mol. The van der Waals surface area contributed by atoms with Crippen molar-refractivity contribution in [1.29, 1.82) is 0 Å². The maximum Gasteiger partial charge on any atom is 0.165 e. The molecule has 0 aliphatic heterocycles. The summed E-state index contributed by atoms with van der Waals surface area (Å²) in [5.74, 6) is 0. The van der Waals surface area contributed by atoms with E-state index in [9.17, 15) is 0 Å². The average molecular weight is 589 g/mol. The van der Waals surface area contributed by atoms with Crippen LogP contribution in [0.2, 0.25) is 0 Å². The molecule has 10 aromatic rings. The lowest BCUT2D eigenvalue weighted by Gasteiger charge is -2.13. The van der Waals surface area contributed by atoms with E-state index in [1.54, 1.807) is 0 Å². The van der Waals surface area contributed by atoms with Crippen molar-refractivity contribution < 1.29 is 8.83 Å². The summed E-state index contributed by atoms with van der Waals surface area (Å²) in [4.78, 5) is 10.3. The summed E-state index contributed by atoms with van der Waals surface area (Å²) in [6.07, 6.45) is 0. The van der Waals surface area contributed by atoms with Crippen LogP contribution in [-0.4, -0.2) is 9.97 Å². The highest BCUT2D eigenvalue weighted by Crippen LogP contribution is 2.43. The van der Waals surface area contributed by atoms with Crippen molar-refractivity contribution >= 4 is 65.8 Å². The van der Waals surface area contributed by atoms with Crippen molar-refractivity contribution in [2.45, 2.75) is 0 Å². The zero-order valence-electron chi connectivity index (χ0n) is 24.6. The molecule has 0 atom stereocenters. The van der Waals surface area contributed by atoms with Gasteiger partial charge in [0.25, 0.3) is 0 Å². The van der Waals surface area contributed by atoms with E-state index in [4.69, 9.17) is 18.8 Å². The summed E-state index contributed by atoms with van der Waals surface area (Å²) in [5.41, 5.74) is 12.0. The van der Waals surface area contributed by atoms with Gasteiger partial charge in [0.05, 0.1) is 16.8 Å². The van der Waals surface area contributed by atoms with Crippen LogP contribution in [0.15, 0.2) is 154 Å². The van der Waals surface area contributed by atoms with E-state index in [0.717, 1.165) is 93.9 Å². The second kappa shape index (κ2) is 9.62. The number of hydrogen-bond donors (Lipinski definition) is 0. The quantitative estimate of drug-likeness (QED) is 0.193. The summed E-state index contributed by atoms with van der Waals surface area (Å²) in [5, 5.41) is 5.43. The molecule has 4 heterocycles. The standard InChI is InChI=1S/C42H24N2O2/c1-2-11-27(12-3-1)34-24-33(30-23-22-25-10-4-5-13-29(25)38(30)43-34)26-18-20-28(21-19-26)37-41-39(31-14-6-8-16-35(31)45-41)44-40-32-15-7-9-17-36(32)46-42(37)40/h1-24H. The number of fused-ring (bicyclic) bond motifs is 9. The van der Waals surface area contributed by atoms with Crippen molar-refractivity contribution in [1.82, 2.24) is 9.97 Å². The van der Waals surface area contributed by atoms with Crippen LogP contribution in [0.1, 0.15) is 0 Å². The molecule has 0 bridgehead atoms. The van der Waals surface area contributed by atoms with Crippen molar-refractivity contribution in [2.24, 2.45) is 0 Å². The Labute approximate surface area is 263 Å². The highest BCUT2D eigenvalue weighted by Gasteiger charge is 2.22. The molecule has 0 radical (unpaired) electrons. The number of hydrogen-bond acceptors (Lipinski definition) is 4. The van der Waals surface area contributed by atoms with E-state index in [-0.39, 0.29) is 0 Å². The Hall–Kier alpha value is -6.26. The number of pyridine rings is 2. The lowest BCUT2D eigenvalue weighted by molar-refractivity contribution is 0.657. The maximum absolute atomic E-state index is 6.49. The number of para-hydroxylation sites is 2. The van der Waals surface area contributed by atoms with Crippen LogP contribution in [0.5, 0.6) is 0 Å². The Morgan fingerprint density at radius 1 is 0.391 bits per heavy atom. The van der Waals surface area contributed by atoms with E-state index in [1.165, 1.54) is 5.39 Å². The Kier molecular flexibility index (Phi) is 5.25. The SMILES string of the molecule is c1ccc(-c2cc(-c3ccc(-c4c5oc6ccccc6c5nc5c4oc4ccccc45)cc3)c3ccc4ccccc4c3n2)cc1. The van der Waals surface area contributed by atoms with Crippen molar-refractivity contribution in [3.63, 3.8) is 0 Å². The minimum absolute atomic E-state index is 0.729. The van der Waals surface area contributed by atoms with E-state index in [0.29, 0.717) is 0 Å². The van der Waals surface area contributed by atoms with Crippen LogP contribution in [-0.2, 0) is 0 Å². The van der Waals surface area contributed by atoms with Gasteiger partial charge in [0.1, 0.15) is 22.2 Å². The van der Waals surface area contributed by atoms with Gasteiger partial charge in [0, 0.05) is 27.1 Å². The first kappa shape index (κ1) is 25.1. The molecule has 46 heavy (non-hydrogen) atoms. The van der Waals surface area contributed by atoms with Gasteiger partial charge in [0.15, 0.2) is 11.2 Å². The van der Waals surface area contributed by atoms with E-state index in [2.05, 4.69) is 103 Å². The fourth-order valence-electron chi connectivity index (χ4n) is 6.87. The molecule has 6 aromatic carbocycles. The van der Waals surface area contributed by atoms with Crippen LogP contribution in [0.3, 0.4) is 0 Å². The van der Waals surface area contributed by atoms with Gasteiger partial charge in [-0.15, -0.1) is 0 Å². The maximum atomic E-state index is 6.49. The predicted molar refractivity (Wildman–Crippen MR) is 188 cm³/mol. The van der Waals surface area contributed by atoms with Crippen molar-refractivity contribution in [2.75, 3.05) is 0 Å². The first-order chi connectivity index (χ1) is 22.8. The van der Waals surface area contributed by atoms with Crippen LogP contribution >= 0.6 is 0 Å². The fourth-order valence-corrected chi connectivity index (χ4v) is 6.87. The smallest absolute Gasteiger partial charge is 0.165 e. The lowest BCUT2D eigenvalue weighted by atomic mass is 9.94. The molecular formula is C42H24N2O2. The van der Waals surface area contributed by atoms with E-state index in [1.807, 2.05) is 42.5 Å². The summed E-state index contributed by atoms with van der Waals surface area (Å²) in [6, 6.07) is 50.3. The van der Waals surface area contributed by atoms with Crippen LogP contribution in [0, 0.1) is 0 Å². The number of benzene rings is 6. The highest BCUT2D eigenvalue weighted by atomic mass is 16.3. The normalized spacial score (nSPS) is 11.9. The van der Waals surface area contributed by atoms with Crippen molar-refractivity contribution in [3.8, 4) is 33.5 Å². The Bertz CT molecular complexity index is 2700. The molecule has 0 N–H and O–H groups in total. The molecule has 4 aromatic heterocycles. The molecule has 10 rings (SSSR count). The molecule has 0 aliphatic carbocycles. The third-order valence-electron chi connectivity index (χ3n) is 9.07.